The first-order valence-corrected chi connectivity index (χ1v) is 5.94. The number of aromatic hydroxyl groups is 1. The molecule has 0 unspecified atom stereocenters. The zero-order valence-electron chi connectivity index (χ0n) is 11.0. The molecule has 0 aliphatic carbocycles. The van der Waals surface area contributed by atoms with Gasteiger partial charge in [-0.15, -0.1) is 0 Å². The molecule has 0 atom stereocenters. The predicted octanol–water partition coefficient (Wildman–Crippen LogP) is 2.54. The molecule has 2 aromatic rings. The molecular formula is C13H10N4O5. The van der Waals surface area contributed by atoms with Gasteiger partial charge in [0.2, 0.25) is 0 Å². The van der Waals surface area contributed by atoms with Crippen LogP contribution in [0.2, 0.25) is 0 Å². The average Bonchev–Trinajstić information content (AvgIpc) is 2.47. The third-order valence-corrected chi connectivity index (χ3v) is 2.79. The molecule has 22 heavy (non-hydrogen) atoms. The molecule has 0 heterocycles. The van der Waals surface area contributed by atoms with E-state index in [1.807, 2.05) is 0 Å². The molecule has 112 valence electrons. The maximum atomic E-state index is 10.8. The zero-order valence-corrected chi connectivity index (χ0v) is 11.0. The Hall–Kier alpha value is -3.49. The van der Waals surface area contributed by atoms with Crippen LogP contribution in [0.4, 0.5) is 22.7 Å². The number of nitrogens with zero attached hydrogens (tertiary/aromatic N) is 3. The van der Waals surface area contributed by atoms with Crippen molar-refractivity contribution in [3.8, 4) is 5.75 Å². The van der Waals surface area contributed by atoms with Gasteiger partial charge in [-0.05, 0) is 18.2 Å². The molecule has 0 radical (unpaired) electrons. The summed E-state index contributed by atoms with van der Waals surface area (Å²) in [4.78, 5) is 24.2. The molecule has 0 aliphatic rings. The molecule has 2 aromatic carbocycles. The fourth-order valence-corrected chi connectivity index (χ4v) is 1.67. The molecule has 0 amide bonds. The minimum absolute atomic E-state index is 0.00199. The quantitative estimate of drug-likeness (QED) is 0.384. The standard InChI is InChI=1S/C13H10N4O5/c14-11-3-1-9(6-12(11)17(21)22)15-7-8-5-10(16(19)20)2-4-13(8)18/h1-7,18H,14H2. The molecule has 9 nitrogen and oxygen atoms in total. The number of aliphatic imine (C=N–C) groups is 1. The van der Waals surface area contributed by atoms with E-state index in [0.29, 0.717) is 0 Å². The number of rotatable bonds is 4. The van der Waals surface area contributed by atoms with Crippen molar-refractivity contribution in [3.05, 3.63) is 62.2 Å². The zero-order chi connectivity index (χ0) is 16.3. The molecule has 0 aliphatic heterocycles. The second-order valence-electron chi connectivity index (χ2n) is 4.26. The van der Waals surface area contributed by atoms with E-state index in [4.69, 9.17) is 5.73 Å². The van der Waals surface area contributed by atoms with Crippen molar-refractivity contribution in [3.63, 3.8) is 0 Å². The number of nitro groups is 2. The van der Waals surface area contributed by atoms with Gasteiger partial charge in [0, 0.05) is 30.0 Å². The van der Waals surface area contributed by atoms with Gasteiger partial charge >= 0.3 is 0 Å². The van der Waals surface area contributed by atoms with Crippen LogP contribution in [0.1, 0.15) is 5.56 Å². The normalized spacial score (nSPS) is 10.7. The van der Waals surface area contributed by atoms with Crippen molar-refractivity contribution in [2.24, 2.45) is 4.99 Å². The number of non-ortho nitro benzene ring substituents is 1. The molecule has 0 fully saturated rings. The van der Waals surface area contributed by atoms with Gasteiger partial charge in [0.15, 0.2) is 0 Å². The summed E-state index contributed by atoms with van der Waals surface area (Å²) in [5.41, 5.74) is 5.32. The van der Waals surface area contributed by atoms with Gasteiger partial charge in [0.1, 0.15) is 11.4 Å². The van der Waals surface area contributed by atoms with E-state index < -0.39 is 9.85 Å². The Morgan fingerprint density at radius 3 is 2.45 bits per heavy atom. The molecular weight excluding hydrogens is 292 g/mol. The fraction of sp³-hybridized carbons (Fsp3) is 0. The summed E-state index contributed by atoms with van der Waals surface area (Å²) in [6, 6.07) is 7.42. The van der Waals surface area contributed by atoms with Crippen LogP contribution in [0.5, 0.6) is 5.75 Å². The molecule has 2 rings (SSSR count). The van der Waals surface area contributed by atoms with E-state index in [1.165, 1.54) is 30.5 Å². The number of hydrogen-bond acceptors (Lipinski definition) is 7. The van der Waals surface area contributed by atoms with Crippen LogP contribution >= 0.6 is 0 Å². The molecule has 0 saturated heterocycles. The van der Waals surface area contributed by atoms with Gasteiger partial charge in [0.25, 0.3) is 11.4 Å². The van der Waals surface area contributed by atoms with Crippen molar-refractivity contribution < 1.29 is 15.0 Å². The first-order chi connectivity index (χ1) is 10.4. The van der Waals surface area contributed by atoms with Crippen LogP contribution in [-0.2, 0) is 0 Å². The monoisotopic (exact) mass is 302 g/mol. The smallest absolute Gasteiger partial charge is 0.294 e. The summed E-state index contributed by atoms with van der Waals surface area (Å²) in [6.45, 7) is 0. The van der Waals surface area contributed by atoms with E-state index in [2.05, 4.69) is 4.99 Å². The molecule has 3 N–H and O–H groups in total. The van der Waals surface area contributed by atoms with Crippen LogP contribution in [-0.4, -0.2) is 21.2 Å². The first kappa shape index (κ1) is 14.9. The Balaban J connectivity index is 2.36. The maximum absolute atomic E-state index is 10.8. The fourth-order valence-electron chi connectivity index (χ4n) is 1.67. The Morgan fingerprint density at radius 1 is 1.09 bits per heavy atom. The van der Waals surface area contributed by atoms with E-state index in [0.717, 1.165) is 12.1 Å². The predicted molar refractivity (Wildman–Crippen MR) is 79.5 cm³/mol. The number of phenols is 1. The first-order valence-electron chi connectivity index (χ1n) is 5.94. The average molecular weight is 302 g/mol. The Kier molecular flexibility index (Phi) is 3.98. The van der Waals surface area contributed by atoms with E-state index >= 15 is 0 Å². The van der Waals surface area contributed by atoms with Crippen LogP contribution in [0.3, 0.4) is 0 Å². The second-order valence-corrected chi connectivity index (χ2v) is 4.26. The van der Waals surface area contributed by atoms with Crippen molar-refractivity contribution in [1.82, 2.24) is 0 Å². The highest BCUT2D eigenvalue weighted by Gasteiger charge is 2.12. The minimum Gasteiger partial charge on any atom is -0.507 e. The number of nitrogen functional groups attached to an aromatic ring is 1. The highest BCUT2D eigenvalue weighted by Crippen LogP contribution is 2.27. The van der Waals surface area contributed by atoms with Gasteiger partial charge in [-0.25, -0.2) is 0 Å². The van der Waals surface area contributed by atoms with Crippen LogP contribution < -0.4 is 5.73 Å². The summed E-state index contributed by atoms with van der Waals surface area (Å²) in [7, 11) is 0. The summed E-state index contributed by atoms with van der Waals surface area (Å²) in [5, 5.41) is 31.1. The number of nitro benzene ring substituents is 2. The summed E-state index contributed by atoms with van der Waals surface area (Å²) in [5.74, 6) is -0.195. The highest BCUT2D eigenvalue weighted by atomic mass is 16.6. The minimum atomic E-state index is -0.640. The third kappa shape index (κ3) is 3.15. The number of nitrogens with two attached hydrogens (primary N) is 1. The van der Waals surface area contributed by atoms with Gasteiger partial charge in [0.05, 0.1) is 15.5 Å². The van der Waals surface area contributed by atoms with Crippen LogP contribution in [0.25, 0.3) is 0 Å². The Morgan fingerprint density at radius 2 is 1.82 bits per heavy atom. The lowest BCUT2D eigenvalue weighted by atomic mass is 10.2. The number of phenolic OH excluding ortho intramolecular Hbond substituents is 1. The lowest BCUT2D eigenvalue weighted by molar-refractivity contribution is -0.384. The van der Waals surface area contributed by atoms with Gasteiger partial charge in [-0.1, -0.05) is 0 Å². The molecule has 0 saturated carbocycles. The lowest BCUT2D eigenvalue weighted by Gasteiger charge is -2.00. The summed E-state index contributed by atoms with van der Waals surface area (Å²) in [6.07, 6.45) is 1.18. The SMILES string of the molecule is Nc1ccc(N=Cc2cc([N+](=O)[O-])ccc2O)cc1[N+](=O)[O-]. The third-order valence-electron chi connectivity index (χ3n) is 2.79. The van der Waals surface area contributed by atoms with Gasteiger partial charge in [-0.3, -0.25) is 25.2 Å². The van der Waals surface area contributed by atoms with Crippen molar-refractivity contribution >= 4 is 29.0 Å². The molecule has 0 aromatic heterocycles. The van der Waals surface area contributed by atoms with Crippen LogP contribution in [0, 0.1) is 20.2 Å². The van der Waals surface area contributed by atoms with Crippen LogP contribution in [0.15, 0.2) is 41.4 Å². The lowest BCUT2D eigenvalue weighted by Crippen LogP contribution is -1.94. The largest absolute Gasteiger partial charge is 0.507 e. The molecule has 9 heteroatoms. The second kappa shape index (κ2) is 5.87. The van der Waals surface area contributed by atoms with Gasteiger partial charge in [-0.2, -0.15) is 0 Å². The van der Waals surface area contributed by atoms with Gasteiger partial charge < -0.3 is 10.8 Å². The van der Waals surface area contributed by atoms with Crippen molar-refractivity contribution in [1.29, 1.82) is 0 Å². The maximum Gasteiger partial charge on any atom is 0.294 e. The Labute approximate surface area is 123 Å². The highest BCUT2D eigenvalue weighted by molar-refractivity contribution is 5.86. The number of anilines is 1. The molecule has 0 spiro atoms. The van der Waals surface area contributed by atoms with Crippen molar-refractivity contribution in [2.45, 2.75) is 0 Å². The number of benzene rings is 2. The number of hydrogen-bond donors (Lipinski definition) is 2. The summed E-state index contributed by atoms with van der Waals surface area (Å²) < 4.78 is 0. The van der Waals surface area contributed by atoms with E-state index in [1.54, 1.807) is 0 Å². The van der Waals surface area contributed by atoms with E-state index in [9.17, 15) is 25.3 Å². The Bertz CT molecular complexity index is 788. The van der Waals surface area contributed by atoms with Crippen molar-refractivity contribution in [2.75, 3.05) is 5.73 Å². The topological polar surface area (TPSA) is 145 Å². The summed E-state index contributed by atoms with van der Waals surface area (Å²) >= 11 is 0. The van der Waals surface area contributed by atoms with E-state index in [-0.39, 0.29) is 34.1 Å². The molecule has 0 bridgehead atoms.